The zero-order chi connectivity index (χ0) is 10.8. The number of nitrogens with zero attached hydrogens (tertiary/aromatic N) is 2. The summed E-state index contributed by atoms with van der Waals surface area (Å²) in [6, 6.07) is 8.09. The van der Waals surface area contributed by atoms with Gasteiger partial charge in [-0.3, -0.25) is 4.79 Å². The molecule has 0 atom stereocenters. The summed E-state index contributed by atoms with van der Waals surface area (Å²) in [5.41, 5.74) is 2.21. The normalized spacial score (nSPS) is 15.1. The van der Waals surface area contributed by atoms with Crippen LogP contribution in [0.15, 0.2) is 24.3 Å². The van der Waals surface area contributed by atoms with E-state index >= 15 is 0 Å². The highest BCUT2D eigenvalue weighted by atomic mass is 16.2. The molecule has 0 radical (unpaired) electrons. The summed E-state index contributed by atoms with van der Waals surface area (Å²) in [4.78, 5) is 15.6. The lowest BCUT2D eigenvalue weighted by atomic mass is 10.1. The van der Waals surface area contributed by atoms with Gasteiger partial charge in [0.25, 0.3) is 0 Å². The standard InChI is InChI=1S/C12H16N2O/c1-3-13-8-9-14(10(2)15)12-7-5-4-6-11(12)13/h4-7H,3,8-9H2,1-2H3. The molecule has 0 aromatic heterocycles. The van der Waals surface area contributed by atoms with E-state index in [1.807, 2.05) is 23.1 Å². The maximum Gasteiger partial charge on any atom is 0.223 e. The summed E-state index contributed by atoms with van der Waals surface area (Å²) < 4.78 is 0. The minimum atomic E-state index is 0.123. The van der Waals surface area contributed by atoms with Crippen molar-refractivity contribution in [1.29, 1.82) is 0 Å². The Hall–Kier alpha value is -1.51. The first kappa shape index (κ1) is 10.0. The molecule has 3 heteroatoms. The fourth-order valence-electron chi connectivity index (χ4n) is 2.08. The van der Waals surface area contributed by atoms with E-state index in [2.05, 4.69) is 17.9 Å². The van der Waals surface area contributed by atoms with Crippen LogP contribution < -0.4 is 9.80 Å². The van der Waals surface area contributed by atoms with E-state index in [1.165, 1.54) is 5.69 Å². The summed E-state index contributed by atoms with van der Waals surface area (Å²) in [6.07, 6.45) is 0. The number of para-hydroxylation sites is 2. The molecular formula is C12H16N2O. The Kier molecular flexibility index (Phi) is 2.62. The third kappa shape index (κ3) is 1.69. The van der Waals surface area contributed by atoms with Crippen LogP contribution in [0, 0.1) is 0 Å². The minimum Gasteiger partial charge on any atom is -0.368 e. The second-order valence-electron chi connectivity index (χ2n) is 3.74. The SMILES string of the molecule is CCN1CCN(C(C)=O)c2ccccc21. The molecule has 0 spiro atoms. The maximum absolute atomic E-state index is 11.5. The van der Waals surface area contributed by atoms with Gasteiger partial charge in [0, 0.05) is 26.6 Å². The molecule has 1 heterocycles. The van der Waals surface area contributed by atoms with Crippen LogP contribution in [0.2, 0.25) is 0 Å². The molecule has 3 nitrogen and oxygen atoms in total. The molecule has 0 N–H and O–H groups in total. The van der Waals surface area contributed by atoms with Crippen molar-refractivity contribution in [3.05, 3.63) is 24.3 Å². The highest BCUT2D eigenvalue weighted by Crippen LogP contribution is 2.32. The molecule has 1 aromatic carbocycles. The second-order valence-corrected chi connectivity index (χ2v) is 3.74. The lowest BCUT2D eigenvalue weighted by Crippen LogP contribution is -2.43. The third-order valence-electron chi connectivity index (χ3n) is 2.87. The monoisotopic (exact) mass is 204 g/mol. The van der Waals surface area contributed by atoms with Crippen molar-refractivity contribution in [3.63, 3.8) is 0 Å². The number of anilines is 2. The second kappa shape index (κ2) is 3.93. The van der Waals surface area contributed by atoms with Crippen molar-refractivity contribution in [3.8, 4) is 0 Å². The number of rotatable bonds is 1. The lowest BCUT2D eigenvalue weighted by molar-refractivity contribution is -0.116. The topological polar surface area (TPSA) is 23.6 Å². The van der Waals surface area contributed by atoms with Gasteiger partial charge < -0.3 is 9.80 Å². The minimum absolute atomic E-state index is 0.123. The Morgan fingerprint density at radius 3 is 2.53 bits per heavy atom. The Morgan fingerprint density at radius 2 is 1.93 bits per heavy atom. The van der Waals surface area contributed by atoms with Gasteiger partial charge in [-0.1, -0.05) is 12.1 Å². The fraction of sp³-hybridized carbons (Fsp3) is 0.417. The molecule has 1 amide bonds. The van der Waals surface area contributed by atoms with Crippen LogP contribution >= 0.6 is 0 Å². The van der Waals surface area contributed by atoms with Crippen LogP contribution in [0.1, 0.15) is 13.8 Å². The maximum atomic E-state index is 11.5. The molecule has 2 rings (SSSR count). The van der Waals surface area contributed by atoms with Crippen molar-refractivity contribution in [2.75, 3.05) is 29.4 Å². The van der Waals surface area contributed by atoms with Crippen molar-refractivity contribution in [1.82, 2.24) is 0 Å². The number of amides is 1. The van der Waals surface area contributed by atoms with E-state index in [0.29, 0.717) is 0 Å². The molecule has 80 valence electrons. The number of carbonyl (C=O) groups excluding carboxylic acids is 1. The third-order valence-corrected chi connectivity index (χ3v) is 2.87. The predicted octanol–water partition coefficient (Wildman–Crippen LogP) is 1.88. The lowest BCUT2D eigenvalue weighted by Gasteiger charge is -2.36. The number of hydrogen-bond acceptors (Lipinski definition) is 2. The molecule has 0 unspecified atom stereocenters. The molecule has 0 bridgehead atoms. The largest absolute Gasteiger partial charge is 0.368 e. The van der Waals surface area contributed by atoms with Gasteiger partial charge in [0.2, 0.25) is 5.91 Å². The van der Waals surface area contributed by atoms with Gasteiger partial charge in [-0.15, -0.1) is 0 Å². The zero-order valence-corrected chi connectivity index (χ0v) is 9.23. The van der Waals surface area contributed by atoms with Crippen molar-refractivity contribution < 1.29 is 4.79 Å². The Morgan fingerprint density at radius 1 is 1.27 bits per heavy atom. The van der Waals surface area contributed by atoms with Crippen LogP contribution in [-0.2, 0) is 4.79 Å². The van der Waals surface area contributed by atoms with Crippen LogP contribution in [0.25, 0.3) is 0 Å². The number of likely N-dealkylation sites (N-methyl/N-ethyl adjacent to an activating group) is 1. The number of benzene rings is 1. The van der Waals surface area contributed by atoms with E-state index in [-0.39, 0.29) is 5.91 Å². The first-order chi connectivity index (χ1) is 7.24. The van der Waals surface area contributed by atoms with E-state index in [4.69, 9.17) is 0 Å². The predicted molar refractivity (Wildman–Crippen MR) is 62.4 cm³/mol. The van der Waals surface area contributed by atoms with Gasteiger partial charge in [0.1, 0.15) is 0 Å². The molecular weight excluding hydrogens is 188 g/mol. The quantitative estimate of drug-likeness (QED) is 0.697. The van der Waals surface area contributed by atoms with Gasteiger partial charge in [-0.2, -0.15) is 0 Å². The van der Waals surface area contributed by atoms with E-state index in [0.717, 1.165) is 25.3 Å². The van der Waals surface area contributed by atoms with Crippen molar-refractivity contribution in [2.45, 2.75) is 13.8 Å². The molecule has 0 saturated heterocycles. The summed E-state index contributed by atoms with van der Waals surface area (Å²) in [5, 5.41) is 0. The average Bonchev–Trinajstić information content (AvgIpc) is 2.27. The molecule has 1 aromatic rings. The Labute approximate surface area is 90.3 Å². The van der Waals surface area contributed by atoms with Crippen LogP contribution in [0.5, 0.6) is 0 Å². The fourth-order valence-corrected chi connectivity index (χ4v) is 2.08. The Bertz CT molecular complexity index is 376. The summed E-state index contributed by atoms with van der Waals surface area (Å²) in [5.74, 6) is 0.123. The van der Waals surface area contributed by atoms with Gasteiger partial charge >= 0.3 is 0 Å². The molecule has 0 fully saturated rings. The van der Waals surface area contributed by atoms with Crippen molar-refractivity contribution in [2.24, 2.45) is 0 Å². The van der Waals surface area contributed by atoms with Gasteiger partial charge in [0.15, 0.2) is 0 Å². The first-order valence-corrected chi connectivity index (χ1v) is 5.36. The molecule has 0 aliphatic carbocycles. The highest BCUT2D eigenvalue weighted by Gasteiger charge is 2.23. The summed E-state index contributed by atoms with van der Waals surface area (Å²) in [6.45, 7) is 6.47. The van der Waals surface area contributed by atoms with E-state index in [9.17, 15) is 4.79 Å². The summed E-state index contributed by atoms with van der Waals surface area (Å²) in [7, 11) is 0. The molecule has 1 aliphatic rings. The first-order valence-electron chi connectivity index (χ1n) is 5.36. The van der Waals surface area contributed by atoms with Gasteiger partial charge in [-0.25, -0.2) is 0 Å². The number of hydrogen-bond donors (Lipinski definition) is 0. The van der Waals surface area contributed by atoms with Crippen LogP contribution in [-0.4, -0.2) is 25.5 Å². The molecule has 1 aliphatic heterocycles. The van der Waals surface area contributed by atoms with Crippen LogP contribution in [0.3, 0.4) is 0 Å². The van der Waals surface area contributed by atoms with Crippen molar-refractivity contribution >= 4 is 17.3 Å². The van der Waals surface area contributed by atoms with Gasteiger partial charge in [0.05, 0.1) is 11.4 Å². The molecule has 0 saturated carbocycles. The molecule has 15 heavy (non-hydrogen) atoms. The smallest absolute Gasteiger partial charge is 0.223 e. The highest BCUT2D eigenvalue weighted by molar-refractivity contribution is 5.96. The van der Waals surface area contributed by atoms with Gasteiger partial charge in [-0.05, 0) is 19.1 Å². The van der Waals surface area contributed by atoms with E-state index < -0.39 is 0 Å². The number of fused-ring (bicyclic) bond motifs is 1. The Balaban J connectivity index is 2.43. The van der Waals surface area contributed by atoms with E-state index in [1.54, 1.807) is 6.92 Å². The zero-order valence-electron chi connectivity index (χ0n) is 9.23. The van der Waals surface area contributed by atoms with Crippen LogP contribution in [0.4, 0.5) is 11.4 Å². The average molecular weight is 204 g/mol. The number of carbonyl (C=O) groups is 1. The summed E-state index contributed by atoms with van der Waals surface area (Å²) >= 11 is 0.